The fourth-order valence-electron chi connectivity index (χ4n) is 3.88. The molecule has 0 aliphatic carbocycles. The summed E-state index contributed by atoms with van der Waals surface area (Å²) in [4.78, 5) is 4.43. The van der Waals surface area contributed by atoms with E-state index in [1.54, 1.807) is 6.07 Å². The minimum Gasteiger partial charge on any atom is -0.506 e. The van der Waals surface area contributed by atoms with Gasteiger partial charge in [-0.2, -0.15) is 0 Å². The monoisotopic (exact) mass is 311 g/mol. The van der Waals surface area contributed by atoms with E-state index in [-0.39, 0.29) is 5.75 Å². The van der Waals surface area contributed by atoms with Crippen molar-refractivity contribution in [2.75, 3.05) is 22.2 Å². The Morgan fingerprint density at radius 2 is 1.52 bits per heavy atom. The van der Waals surface area contributed by atoms with Gasteiger partial charge in [0.2, 0.25) is 0 Å². The molecule has 2 aromatic rings. The number of phenolic OH excluding ortho intramolecular Hbond substituents is 2. The van der Waals surface area contributed by atoms with Crippen molar-refractivity contribution in [1.82, 2.24) is 0 Å². The van der Waals surface area contributed by atoms with Crippen LogP contribution in [0.2, 0.25) is 0 Å². The summed E-state index contributed by atoms with van der Waals surface area (Å²) >= 11 is 0. The first-order valence-corrected chi connectivity index (χ1v) is 7.81. The third-order valence-electron chi connectivity index (χ3n) is 5.21. The van der Waals surface area contributed by atoms with E-state index in [0.717, 1.165) is 52.4 Å². The van der Waals surface area contributed by atoms with Crippen molar-refractivity contribution in [3.8, 4) is 11.5 Å². The number of rotatable bonds is 0. The highest BCUT2D eigenvalue weighted by Gasteiger charge is 2.34. The predicted octanol–water partition coefficient (Wildman–Crippen LogP) is 2.90. The number of hydrogen-bond donors (Lipinski definition) is 3. The normalized spacial score (nSPS) is 15.4. The van der Waals surface area contributed by atoms with Crippen LogP contribution < -0.4 is 15.5 Å². The average Bonchev–Trinajstić information content (AvgIpc) is 2.50. The SMILES string of the molecule is Cc1cc2c(c(O)c1C)N1Cc3cc(O)c(N)c(C)c3N(C2)C1. The van der Waals surface area contributed by atoms with Gasteiger partial charge in [0.05, 0.1) is 18.0 Å². The van der Waals surface area contributed by atoms with Crippen LogP contribution in [-0.2, 0) is 13.1 Å². The van der Waals surface area contributed by atoms with Crippen LogP contribution in [0, 0.1) is 20.8 Å². The van der Waals surface area contributed by atoms with E-state index in [9.17, 15) is 10.2 Å². The number of nitrogen functional groups attached to an aromatic ring is 1. The third-order valence-corrected chi connectivity index (χ3v) is 5.21. The molecule has 0 fully saturated rings. The van der Waals surface area contributed by atoms with Crippen LogP contribution >= 0.6 is 0 Å². The highest BCUT2D eigenvalue weighted by molar-refractivity contribution is 5.79. The predicted molar refractivity (Wildman–Crippen MR) is 92.1 cm³/mol. The van der Waals surface area contributed by atoms with Gasteiger partial charge in [-0.05, 0) is 54.7 Å². The summed E-state index contributed by atoms with van der Waals surface area (Å²) < 4.78 is 0. The van der Waals surface area contributed by atoms with Crippen molar-refractivity contribution in [3.05, 3.63) is 39.9 Å². The molecule has 5 nitrogen and oxygen atoms in total. The smallest absolute Gasteiger partial charge is 0.142 e. The highest BCUT2D eigenvalue weighted by atomic mass is 16.3. The van der Waals surface area contributed by atoms with Gasteiger partial charge >= 0.3 is 0 Å². The van der Waals surface area contributed by atoms with Crippen LogP contribution in [0.3, 0.4) is 0 Å². The van der Waals surface area contributed by atoms with Crippen molar-refractivity contribution in [3.63, 3.8) is 0 Å². The number of hydrogen-bond acceptors (Lipinski definition) is 5. The summed E-state index contributed by atoms with van der Waals surface area (Å²) in [5.41, 5.74) is 13.6. The maximum Gasteiger partial charge on any atom is 0.142 e. The molecule has 0 atom stereocenters. The molecule has 2 aromatic carbocycles. The number of nitrogens with two attached hydrogens (primary N) is 1. The van der Waals surface area contributed by atoms with Crippen LogP contribution in [-0.4, -0.2) is 16.9 Å². The van der Waals surface area contributed by atoms with Gasteiger partial charge in [-0.3, -0.25) is 0 Å². The number of aromatic hydroxyl groups is 2. The molecule has 0 saturated heterocycles. The van der Waals surface area contributed by atoms with E-state index in [1.165, 1.54) is 0 Å². The lowest BCUT2D eigenvalue weighted by Crippen LogP contribution is -2.46. The van der Waals surface area contributed by atoms with Gasteiger partial charge in [0.1, 0.15) is 11.5 Å². The average molecular weight is 311 g/mol. The minimum absolute atomic E-state index is 0.133. The molecule has 0 radical (unpaired) electrons. The molecule has 5 heteroatoms. The van der Waals surface area contributed by atoms with Crippen molar-refractivity contribution < 1.29 is 10.2 Å². The Balaban J connectivity index is 1.91. The van der Waals surface area contributed by atoms with E-state index in [2.05, 4.69) is 15.9 Å². The molecule has 4 rings (SSSR count). The summed E-state index contributed by atoms with van der Waals surface area (Å²) in [5.74, 6) is 0.507. The zero-order chi connectivity index (χ0) is 16.5. The summed E-state index contributed by atoms with van der Waals surface area (Å²) in [6.45, 7) is 8.05. The molecule has 0 saturated carbocycles. The highest BCUT2D eigenvalue weighted by Crippen LogP contribution is 2.47. The summed E-state index contributed by atoms with van der Waals surface area (Å²) in [6.07, 6.45) is 0. The molecule has 0 spiro atoms. The topological polar surface area (TPSA) is 73.0 Å². The van der Waals surface area contributed by atoms with Crippen LogP contribution in [0.15, 0.2) is 12.1 Å². The molecule has 4 N–H and O–H groups in total. The largest absolute Gasteiger partial charge is 0.506 e. The first-order chi connectivity index (χ1) is 10.9. The Morgan fingerprint density at radius 3 is 2.22 bits per heavy atom. The fraction of sp³-hybridized carbons (Fsp3) is 0.333. The number of phenols is 2. The number of anilines is 3. The van der Waals surface area contributed by atoms with Gasteiger partial charge in [-0.15, -0.1) is 0 Å². The molecule has 120 valence electrons. The quantitative estimate of drug-likeness (QED) is 0.515. The molecule has 0 amide bonds. The van der Waals surface area contributed by atoms with E-state index >= 15 is 0 Å². The Kier molecular flexibility index (Phi) is 2.73. The maximum atomic E-state index is 10.6. The zero-order valence-corrected chi connectivity index (χ0v) is 13.6. The third kappa shape index (κ3) is 1.79. The number of benzene rings is 2. The maximum absolute atomic E-state index is 10.6. The van der Waals surface area contributed by atoms with E-state index < -0.39 is 0 Å². The van der Waals surface area contributed by atoms with Crippen molar-refractivity contribution in [2.24, 2.45) is 0 Å². The van der Waals surface area contributed by atoms with E-state index in [4.69, 9.17) is 5.73 Å². The van der Waals surface area contributed by atoms with Crippen LogP contribution in [0.4, 0.5) is 17.1 Å². The van der Waals surface area contributed by atoms with Gasteiger partial charge in [0.15, 0.2) is 0 Å². The van der Waals surface area contributed by atoms with Crippen LogP contribution in [0.5, 0.6) is 11.5 Å². The summed E-state index contributed by atoms with van der Waals surface area (Å²) in [5, 5.41) is 20.6. The van der Waals surface area contributed by atoms with Crippen LogP contribution in [0.1, 0.15) is 27.8 Å². The van der Waals surface area contributed by atoms with Crippen molar-refractivity contribution >= 4 is 17.1 Å². The molecule has 2 aliphatic rings. The summed E-state index contributed by atoms with van der Waals surface area (Å²) in [7, 11) is 0. The first kappa shape index (κ1) is 14.1. The number of fused-ring (bicyclic) bond motifs is 6. The van der Waals surface area contributed by atoms with Gasteiger partial charge in [-0.25, -0.2) is 0 Å². The Morgan fingerprint density at radius 1 is 0.913 bits per heavy atom. The lowest BCUT2D eigenvalue weighted by Gasteiger charge is -2.46. The molecule has 0 unspecified atom stereocenters. The molecule has 2 bridgehead atoms. The lowest BCUT2D eigenvalue weighted by molar-refractivity contribution is 0.463. The van der Waals surface area contributed by atoms with Crippen molar-refractivity contribution in [2.45, 2.75) is 33.9 Å². The zero-order valence-electron chi connectivity index (χ0n) is 13.6. The fourth-order valence-corrected chi connectivity index (χ4v) is 3.88. The van der Waals surface area contributed by atoms with Gasteiger partial charge in [0.25, 0.3) is 0 Å². The molecular weight excluding hydrogens is 290 g/mol. The van der Waals surface area contributed by atoms with Gasteiger partial charge in [-0.1, -0.05) is 6.07 Å². The second kappa shape index (κ2) is 4.47. The number of aryl methyl sites for hydroxylation is 1. The number of nitrogens with zero attached hydrogens (tertiary/aromatic N) is 2. The minimum atomic E-state index is 0.133. The van der Waals surface area contributed by atoms with Gasteiger partial charge < -0.3 is 25.7 Å². The van der Waals surface area contributed by atoms with E-state index in [0.29, 0.717) is 18.0 Å². The van der Waals surface area contributed by atoms with Gasteiger partial charge in [0, 0.05) is 18.8 Å². The van der Waals surface area contributed by atoms with Crippen LogP contribution in [0.25, 0.3) is 0 Å². The molecule has 23 heavy (non-hydrogen) atoms. The van der Waals surface area contributed by atoms with Crippen molar-refractivity contribution in [1.29, 1.82) is 0 Å². The van der Waals surface area contributed by atoms with E-state index in [1.807, 2.05) is 20.8 Å². The molecule has 2 heterocycles. The Bertz CT molecular complexity index is 776. The second-order valence-electron chi connectivity index (χ2n) is 6.65. The Labute approximate surface area is 135 Å². The Hall–Kier alpha value is -2.56. The second-order valence-corrected chi connectivity index (χ2v) is 6.65. The standard InChI is InChI=1S/C18H21N3O2/c1-9-4-12-6-20-8-21(17(12)18(23)10(9)2)7-13-5-14(22)15(19)11(3)16(13)20/h4-5,22-23H,6-8,19H2,1-3H3. The molecule has 2 aliphatic heterocycles. The first-order valence-electron chi connectivity index (χ1n) is 7.81. The molecular formula is C18H21N3O2. The summed E-state index contributed by atoms with van der Waals surface area (Å²) in [6, 6.07) is 3.91. The lowest BCUT2D eigenvalue weighted by atomic mass is 9.94. The molecule has 0 aromatic heterocycles.